The van der Waals surface area contributed by atoms with Crippen molar-refractivity contribution in [3.63, 3.8) is 0 Å². The van der Waals surface area contributed by atoms with Crippen molar-refractivity contribution >= 4 is 0 Å². The van der Waals surface area contributed by atoms with Crippen molar-refractivity contribution in [2.75, 3.05) is 7.05 Å². The van der Waals surface area contributed by atoms with Gasteiger partial charge in [0.1, 0.15) is 24.7 Å². The molecule has 36 heavy (non-hydrogen) atoms. The number of hydrogen-bond acceptors (Lipinski definition) is 5. The highest BCUT2D eigenvalue weighted by atomic mass is 16.5. The zero-order valence-corrected chi connectivity index (χ0v) is 20.6. The van der Waals surface area contributed by atoms with Gasteiger partial charge in [-0.15, -0.1) is 0 Å². The molecule has 1 heterocycles. The summed E-state index contributed by atoms with van der Waals surface area (Å²) in [4.78, 5) is 6.38. The molecule has 0 radical (unpaired) electrons. The lowest BCUT2D eigenvalue weighted by Crippen LogP contribution is -2.39. The molecule has 3 aromatic carbocycles. The van der Waals surface area contributed by atoms with E-state index in [2.05, 4.69) is 47.3 Å². The number of rotatable bonds is 10. The molecule has 1 aromatic heterocycles. The van der Waals surface area contributed by atoms with Crippen LogP contribution in [0.1, 0.15) is 35.6 Å². The molecule has 5 rings (SSSR count). The fourth-order valence-electron chi connectivity index (χ4n) is 4.98. The van der Waals surface area contributed by atoms with E-state index in [9.17, 15) is 5.11 Å². The number of aliphatic hydroxyl groups excluding tert-OH is 1. The second-order valence-corrected chi connectivity index (χ2v) is 9.45. The molecule has 1 saturated carbocycles. The van der Waals surface area contributed by atoms with E-state index in [1.807, 2.05) is 59.3 Å². The number of aliphatic hydroxyl groups is 1. The van der Waals surface area contributed by atoms with Crippen molar-refractivity contribution in [3.05, 3.63) is 114 Å². The van der Waals surface area contributed by atoms with Crippen LogP contribution < -0.4 is 9.47 Å². The minimum Gasteiger partial charge on any atom is -0.489 e. The molecule has 6 nitrogen and oxygen atoms in total. The molecule has 0 aliphatic heterocycles. The van der Waals surface area contributed by atoms with Crippen LogP contribution in [0.4, 0.5) is 0 Å². The van der Waals surface area contributed by atoms with E-state index in [0.717, 1.165) is 41.0 Å². The van der Waals surface area contributed by atoms with Gasteiger partial charge in [-0.1, -0.05) is 60.7 Å². The maximum Gasteiger partial charge on any atom is 0.124 e. The van der Waals surface area contributed by atoms with Gasteiger partial charge in [0.2, 0.25) is 0 Å². The van der Waals surface area contributed by atoms with Gasteiger partial charge in [-0.2, -0.15) is 0 Å². The van der Waals surface area contributed by atoms with Gasteiger partial charge < -0.3 is 19.1 Å². The Kier molecular flexibility index (Phi) is 7.64. The number of likely N-dealkylation sites (N-methyl/N-ethyl adjacent to an activating group) is 1. The van der Waals surface area contributed by atoms with Crippen LogP contribution in [0.2, 0.25) is 0 Å². The lowest BCUT2D eigenvalue weighted by atomic mass is 10.1. The highest BCUT2D eigenvalue weighted by Crippen LogP contribution is 2.35. The standard InChI is InChI=1S/C30H33N3O3/c1-32(27-13-14-28(30(27)34)33-17-16-31-22-33)19-25-18-26(35-20-23-8-4-2-5-9-23)12-15-29(25)36-21-24-10-6-3-7-11-24/h2-12,15-18,22,27-28,30,34H,13-14,19-21H2,1H3/t27-,28-,30-/m1/s1. The normalized spacial score (nSPS) is 19.5. The van der Waals surface area contributed by atoms with Crippen LogP contribution in [0.15, 0.2) is 97.6 Å². The Bertz CT molecular complexity index is 1210. The molecule has 0 spiro atoms. The van der Waals surface area contributed by atoms with E-state index in [4.69, 9.17) is 9.47 Å². The quantitative estimate of drug-likeness (QED) is 0.334. The summed E-state index contributed by atoms with van der Waals surface area (Å²) in [6.45, 7) is 1.65. The van der Waals surface area contributed by atoms with Crippen molar-refractivity contribution in [2.24, 2.45) is 0 Å². The Hall–Kier alpha value is -3.61. The predicted octanol–water partition coefficient (Wildman–Crippen LogP) is 5.24. The summed E-state index contributed by atoms with van der Waals surface area (Å²) in [5.74, 6) is 1.63. The molecule has 4 aromatic rings. The largest absolute Gasteiger partial charge is 0.489 e. The number of ether oxygens (including phenoxy) is 2. The van der Waals surface area contributed by atoms with Gasteiger partial charge >= 0.3 is 0 Å². The fraction of sp³-hybridized carbons (Fsp3) is 0.300. The van der Waals surface area contributed by atoms with Crippen LogP contribution in [0.3, 0.4) is 0 Å². The first-order chi connectivity index (χ1) is 17.7. The molecular weight excluding hydrogens is 450 g/mol. The molecule has 3 atom stereocenters. The van der Waals surface area contributed by atoms with Gasteiger partial charge in [-0.05, 0) is 49.2 Å². The summed E-state index contributed by atoms with van der Waals surface area (Å²) in [7, 11) is 2.07. The third kappa shape index (κ3) is 5.78. The van der Waals surface area contributed by atoms with Crippen LogP contribution in [-0.4, -0.2) is 38.8 Å². The van der Waals surface area contributed by atoms with E-state index >= 15 is 0 Å². The molecule has 1 aliphatic rings. The summed E-state index contributed by atoms with van der Waals surface area (Å²) < 4.78 is 14.4. The zero-order chi connectivity index (χ0) is 24.7. The van der Waals surface area contributed by atoms with Crippen LogP contribution >= 0.6 is 0 Å². The molecule has 1 fully saturated rings. The summed E-state index contributed by atoms with van der Waals surface area (Å²) in [5.41, 5.74) is 3.29. The summed E-state index contributed by atoms with van der Waals surface area (Å²) in [6.07, 6.45) is 6.87. The number of hydrogen-bond donors (Lipinski definition) is 1. The smallest absolute Gasteiger partial charge is 0.124 e. The van der Waals surface area contributed by atoms with Crippen molar-refractivity contribution in [1.82, 2.24) is 14.5 Å². The van der Waals surface area contributed by atoms with Crippen molar-refractivity contribution in [2.45, 2.75) is 50.8 Å². The van der Waals surface area contributed by atoms with E-state index in [1.165, 1.54) is 0 Å². The van der Waals surface area contributed by atoms with Gasteiger partial charge in [0.15, 0.2) is 0 Å². The molecule has 6 heteroatoms. The first-order valence-corrected chi connectivity index (χ1v) is 12.5. The van der Waals surface area contributed by atoms with Crippen molar-refractivity contribution in [3.8, 4) is 11.5 Å². The van der Waals surface area contributed by atoms with Gasteiger partial charge in [-0.25, -0.2) is 4.98 Å². The number of nitrogens with zero attached hydrogens (tertiary/aromatic N) is 3. The Morgan fingerprint density at radius 2 is 1.61 bits per heavy atom. The van der Waals surface area contributed by atoms with Gasteiger partial charge in [-0.3, -0.25) is 4.90 Å². The van der Waals surface area contributed by atoms with E-state index in [0.29, 0.717) is 19.8 Å². The minimum atomic E-state index is -0.463. The molecule has 186 valence electrons. The molecule has 1 aliphatic carbocycles. The summed E-state index contributed by atoms with van der Waals surface area (Å²) in [5, 5.41) is 11.1. The Morgan fingerprint density at radius 3 is 2.28 bits per heavy atom. The maximum absolute atomic E-state index is 11.1. The van der Waals surface area contributed by atoms with Crippen molar-refractivity contribution < 1.29 is 14.6 Å². The van der Waals surface area contributed by atoms with E-state index in [-0.39, 0.29) is 12.1 Å². The second-order valence-electron chi connectivity index (χ2n) is 9.45. The molecule has 1 N–H and O–H groups in total. The average molecular weight is 484 g/mol. The van der Waals surface area contributed by atoms with Crippen LogP contribution in [-0.2, 0) is 19.8 Å². The molecule has 0 unspecified atom stereocenters. The van der Waals surface area contributed by atoms with Gasteiger partial charge in [0.25, 0.3) is 0 Å². The lowest BCUT2D eigenvalue weighted by Gasteiger charge is -2.29. The lowest BCUT2D eigenvalue weighted by molar-refractivity contribution is 0.0568. The van der Waals surface area contributed by atoms with E-state index < -0.39 is 6.10 Å². The topological polar surface area (TPSA) is 59.8 Å². The zero-order valence-electron chi connectivity index (χ0n) is 20.6. The average Bonchev–Trinajstić information content (AvgIpc) is 3.58. The molecular formula is C30H33N3O3. The van der Waals surface area contributed by atoms with Crippen molar-refractivity contribution in [1.29, 1.82) is 0 Å². The Morgan fingerprint density at radius 1 is 0.917 bits per heavy atom. The number of imidazole rings is 1. The van der Waals surface area contributed by atoms with Crippen LogP contribution in [0, 0.1) is 0 Å². The third-order valence-electron chi connectivity index (χ3n) is 6.96. The maximum atomic E-state index is 11.1. The first kappa shape index (κ1) is 24.1. The monoisotopic (exact) mass is 483 g/mol. The molecule has 0 bridgehead atoms. The summed E-state index contributed by atoms with van der Waals surface area (Å²) in [6, 6.07) is 26.5. The number of aromatic nitrogens is 2. The Balaban J connectivity index is 1.31. The second kappa shape index (κ2) is 11.4. The fourth-order valence-corrected chi connectivity index (χ4v) is 4.98. The van der Waals surface area contributed by atoms with Gasteiger partial charge in [0.05, 0.1) is 18.5 Å². The molecule has 0 saturated heterocycles. The molecule has 0 amide bonds. The number of benzene rings is 3. The first-order valence-electron chi connectivity index (χ1n) is 12.5. The summed E-state index contributed by atoms with van der Waals surface area (Å²) >= 11 is 0. The predicted molar refractivity (Wildman–Crippen MR) is 140 cm³/mol. The van der Waals surface area contributed by atoms with E-state index in [1.54, 1.807) is 12.5 Å². The third-order valence-corrected chi connectivity index (χ3v) is 6.96. The highest BCUT2D eigenvalue weighted by molar-refractivity contribution is 5.41. The van der Waals surface area contributed by atoms with Gasteiger partial charge in [0, 0.05) is 30.5 Å². The Labute approximate surface area is 212 Å². The van der Waals surface area contributed by atoms with Crippen LogP contribution in [0.25, 0.3) is 0 Å². The highest BCUT2D eigenvalue weighted by Gasteiger charge is 2.38. The SMILES string of the molecule is CN(Cc1cc(OCc2ccccc2)ccc1OCc1ccccc1)[C@@H]1CC[C@@H](n2ccnc2)[C@@H]1O. The minimum absolute atomic E-state index is 0.0493. The van der Waals surface area contributed by atoms with Crippen LogP contribution in [0.5, 0.6) is 11.5 Å².